The Morgan fingerprint density at radius 1 is 1.24 bits per heavy atom. The number of amides is 1. The van der Waals surface area contributed by atoms with Gasteiger partial charge in [-0.05, 0) is 37.1 Å². The number of nitrogens with one attached hydrogen (secondary N) is 1. The molecule has 0 spiro atoms. The van der Waals surface area contributed by atoms with Crippen LogP contribution in [-0.2, 0) is 16.0 Å². The zero-order valence-corrected chi connectivity index (χ0v) is 11.5. The Bertz CT molecular complexity index is 475. The van der Waals surface area contributed by atoms with E-state index < -0.39 is 24.0 Å². The normalized spacial score (nSPS) is 13.4. The summed E-state index contributed by atoms with van der Waals surface area (Å²) in [5.74, 6) is -1.84. The predicted octanol–water partition coefficient (Wildman–Crippen LogP) is -0.396. The van der Waals surface area contributed by atoms with Gasteiger partial charge in [-0.3, -0.25) is 4.79 Å². The maximum atomic E-state index is 11.7. The monoisotopic (exact) mass is 296 g/mol. The lowest BCUT2D eigenvalue weighted by Crippen LogP contribution is -2.46. The van der Waals surface area contributed by atoms with Crippen LogP contribution in [0.15, 0.2) is 24.3 Å². The molecule has 0 heterocycles. The van der Waals surface area contributed by atoms with Crippen LogP contribution < -0.4 is 11.1 Å². The molecule has 0 aliphatic carbocycles. The smallest absolute Gasteiger partial charge is 0.326 e. The van der Waals surface area contributed by atoms with Crippen LogP contribution in [-0.4, -0.2) is 45.9 Å². The average Bonchev–Trinajstić information content (AvgIpc) is 2.45. The topological polar surface area (TPSA) is 133 Å². The minimum absolute atomic E-state index is 0.0605. The Morgan fingerprint density at radius 2 is 1.86 bits per heavy atom. The van der Waals surface area contributed by atoms with Crippen molar-refractivity contribution in [3.8, 4) is 5.75 Å². The Balaban J connectivity index is 2.63. The van der Waals surface area contributed by atoms with Crippen LogP contribution in [0.25, 0.3) is 0 Å². The van der Waals surface area contributed by atoms with E-state index >= 15 is 0 Å². The van der Waals surface area contributed by atoms with Gasteiger partial charge >= 0.3 is 5.97 Å². The summed E-state index contributed by atoms with van der Waals surface area (Å²) in [6.45, 7) is 0.347. The largest absolute Gasteiger partial charge is 0.508 e. The highest BCUT2D eigenvalue weighted by Gasteiger charge is 2.23. The van der Waals surface area contributed by atoms with Gasteiger partial charge in [-0.25, -0.2) is 4.79 Å². The Hall–Kier alpha value is -2.12. The molecule has 0 fully saturated rings. The number of carbonyl (C=O) groups excluding carboxylic acids is 1. The van der Waals surface area contributed by atoms with Gasteiger partial charge in [0.05, 0.1) is 0 Å². The number of hydrogen-bond donors (Lipinski definition) is 5. The first-order valence-electron chi connectivity index (χ1n) is 6.63. The lowest BCUT2D eigenvalue weighted by atomic mass is 10.1. The van der Waals surface area contributed by atoms with E-state index in [1.165, 1.54) is 12.1 Å². The summed E-state index contributed by atoms with van der Waals surface area (Å²) in [5.41, 5.74) is 5.93. The molecule has 0 aliphatic heterocycles. The summed E-state index contributed by atoms with van der Waals surface area (Å²) >= 11 is 0. The van der Waals surface area contributed by atoms with E-state index in [4.69, 9.17) is 10.8 Å². The summed E-state index contributed by atoms with van der Waals surface area (Å²) in [5, 5.41) is 30.2. The van der Waals surface area contributed by atoms with E-state index in [-0.39, 0.29) is 18.6 Å². The minimum Gasteiger partial charge on any atom is -0.508 e. The quantitative estimate of drug-likeness (QED) is 0.443. The summed E-state index contributed by atoms with van der Waals surface area (Å²) in [6.07, 6.45) is -0.543. The fraction of sp³-hybridized carbons (Fsp3) is 0.429. The number of nitrogens with two attached hydrogens (primary N) is 1. The zero-order chi connectivity index (χ0) is 15.8. The number of aliphatic hydroxyl groups excluding tert-OH is 1. The van der Waals surface area contributed by atoms with Crippen LogP contribution in [0.3, 0.4) is 0 Å². The molecule has 1 aromatic carbocycles. The Kier molecular flexibility index (Phi) is 6.64. The second-order valence-corrected chi connectivity index (χ2v) is 4.72. The number of phenolic OH excluding ortho intramolecular Hbond substituents is 1. The number of aliphatic carboxylic acids is 1. The number of phenols is 1. The van der Waals surface area contributed by atoms with Crippen LogP contribution in [0.1, 0.15) is 18.4 Å². The van der Waals surface area contributed by atoms with E-state index in [1.807, 2.05) is 0 Å². The fourth-order valence-electron chi connectivity index (χ4n) is 1.78. The molecule has 6 N–H and O–H groups in total. The summed E-state index contributed by atoms with van der Waals surface area (Å²) in [7, 11) is 0. The summed E-state index contributed by atoms with van der Waals surface area (Å²) in [6, 6.07) is 4.87. The Morgan fingerprint density at radius 3 is 2.38 bits per heavy atom. The molecule has 7 nitrogen and oxygen atoms in total. The number of carboxylic acid groups (broad SMARTS) is 1. The molecule has 1 rings (SSSR count). The van der Waals surface area contributed by atoms with Gasteiger partial charge < -0.3 is 26.4 Å². The highest BCUT2D eigenvalue weighted by atomic mass is 16.4. The van der Waals surface area contributed by atoms with Gasteiger partial charge in [-0.2, -0.15) is 0 Å². The SMILES string of the molecule is NCCCC(O)C(=O)N[C@@H](Cc1ccc(O)cc1)C(=O)O. The van der Waals surface area contributed by atoms with E-state index in [0.29, 0.717) is 18.5 Å². The molecule has 7 heteroatoms. The van der Waals surface area contributed by atoms with Gasteiger partial charge in [0.25, 0.3) is 0 Å². The van der Waals surface area contributed by atoms with Crippen molar-refractivity contribution in [3.05, 3.63) is 29.8 Å². The second kappa shape index (κ2) is 8.23. The lowest BCUT2D eigenvalue weighted by Gasteiger charge is -2.17. The molecule has 0 aromatic heterocycles. The third-order valence-corrected chi connectivity index (χ3v) is 2.98. The molecular weight excluding hydrogens is 276 g/mol. The van der Waals surface area contributed by atoms with Crippen LogP contribution in [0, 0.1) is 0 Å². The average molecular weight is 296 g/mol. The maximum Gasteiger partial charge on any atom is 0.326 e. The zero-order valence-electron chi connectivity index (χ0n) is 11.5. The van der Waals surface area contributed by atoms with Crippen molar-refractivity contribution in [2.45, 2.75) is 31.4 Å². The molecule has 1 unspecified atom stereocenters. The van der Waals surface area contributed by atoms with E-state index in [0.717, 1.165) is 0 Å². The van der Waals surface area contributed by atoms with E-state index in [1.54, 1.807) is 12.1 Å². The molecule has 0 saturated carbocycles. The number of carboxylic acids is 1. The summed E-state index contributed by atoms with van der Waals surface area (Å²) in [4.78, 5) is 22.9. The van der Waals surface area contributed by atoms with E-state index in [9.17, 15) is 19.8 Å². The molecule has 0 radical (unpaired) electrons. The van der Waals surface area contributed by atoms with Crippen LogP contribution in [0.2, 0.25) is 0 Å². The van der Waals surface area contributed by atoms with Crippen molar-refractivity contribution in [2.24, 2.45) is 5.73 Å². The highest BCUT2D eigenvalue weighted by molar-refractivity contribution is 5.86. The second-order valence-electron chi connectivity index (χ2n) is 4.72. The molecule has 2 atom stereocenters. The van der Waals surface area contributed by atoms with Crippen molar-refractivity contribution in [1.82, 2.24) is 5.32 Å². The first-order chi connectivity index (χ1) is 9.93. The van der Waals surface area contributed by atoms with Crippen molar-refractivity contribution in [1.29, 1.82) is 0 Å². The molecule has 116 valence electrons. The minimum atomic E-state index is -1.27. The van der Waals surface area contributed by atoms with E-state index in [2.05, 4.69) is 5.32 Å². The number of carbonyl (C=O) groups is 2. The first kappa shape index (κ1) is 16.9. The number of benzene rings is 1. The highest BCUT2D eigenvalue weighted by Crippen LogP contribution is 2.11. The van der Waals surface area contributed by atoms with Crippen LogP contribution >= 0.6 is 0 Å². The fourth-order valence-corrected chi connectivity index (χ4v) is 1.78. The molecular formula is C14H20N2O5. The number of rotatable bonds is 8. The number of hydrogen-bond acceptors (Lipinski definition) is 5. The van der Waals surface area contributed by atoms with Gasteiger partial charge in [-0.15, -0.1) is 0 Å². The third-order valence-electron chi connectivity index (χ3n) is 2.98. The molecule has 1 aromatic rings. The molecule has 0 saturated heterocycles. The lowest BCUT2D eigenvalue weighted by molar-refractivity contribution is -0.143. The molecule has 21 heavy (non-hydrogen) atoms. The molecule has 1 amide bonds. The van der Waals surface area contributed by atoms with Crippen molar-refractivity contribution >= 4 is 11.9 Å². The van der Waals surface area contributed by atoms with Crippen molar-refractivity contribution in [3.63, 3.8) is 0 Å². The number of aromatic hydroxyl groups is 1. The number of aliphatic hydroxyl groups is 1. The standard InChI is InChI=1S/C14H20N2O5/c15-7-1-2-12(18)13(19)16-11(14(20)21)8-9-3-5-10(17)6-4-9/h3-6,11-12,17-18H,1-2,7-8,15H2,(H,16,19)(H,20,21)/t11-,12?/m0/s1. The summed E-state index contributed by atoms with van der Waals surface area (Å²) < 4.78 is 0. The van der Waals surface area contributed by atoms with Crippen LogP contribution in [0.5, 0.6) is 5.75 Å². The van der Waals surface area contributed by atoms with Gasteiger partial charge in [0.15, 0.2) is 0 Å². The van der Waals surface area contributed by atoms with Crippen LogP contribution in [0.4, 0.5) is 0 Å². The van der Waals surface area contributed by atoms with Crippen molar-refractivity contribution < 1.29 is 24.9 Å². The predicted molar refractivity (Wildman–Crippen MR) is 75.7 cm³/mol. The molecule has 0 bridgehead atoms. The maximum absolute atomic E-state index is 11.7. The molecule has 0 aliphatic rings. The Labute approximate surface area is 122 Å². The first-order valence-corrected chi connectivity index (χ1v) is 6.63. The van der Waals surface area contributed by atoms with Gasteiger partial charge in [0.1, 0.15) is 17.9 Å². The van der Waals surface area contributed by atoms with Gasteiger partial charge in [0.2, 0.25) is 5.91 Å². The van der Waals surface area contributed by atoms with Gasteiger partial charge in [-0.1, -0.05) is 12.1 Å². The third kappa shape index (κ3) is 5.80. The van der Waals surface area contributed by atoms with Gasteiger partial charge in [0, 0.05) is 6.42 Å². The van der Waals surface area contributed by atoms with Crippen molar-refractivity contribution in [2.75, 3.05) is 6.54 Å².